The number of amides is 2. The Labute approximate surface area is 114 Å². The van der Waals surface area contributed by atoms with E-state index in [1.807, 2.05) is 0 Å². The maximum atomic E-state index is 11.8. The van der Waals surface area contributed by atoms with Gasteiger partial charge in [0.15, 0.2) is 0 Å². The molecule has 1 aromatic rings. The monoisotopic (exact) mass is 279 g/mol. The number of likely N-dealkylation sites (tertiary alicyclic amines) is 1. The number of benzene rings is 1. The summed E-state index contributed by atoms with van der Waals surface area (Å²) in [6, 6.07) is 6.40. The van der Waals surface area contributed by atoms with Gasteiger partial charge in [-0.25, -0.2) is 4.79 Å². The van der Waals surface area contributed by atoms with Gasteiger partial charge in [0.1, 0.15) is 0 Å². The third-order valence-electron chi connectivity index (χ3n) is 2.82. The van der Waals surface area contributed by atoms with Crippen molar-refractivity contribution in [3.8, 4) is 0 Å². The molecule has 6 heteroatoms. The number of carboxylic acids is 1. The second-order valence-corrected chi connectivity index (χ2v) is 5.21. The molecular weight excluding hydrogens is 266 g/mol. The lowest BCUT2D eigenvalue weighted by Gasteiger charge is -2.12. The number of carboxylic acid groups (broad SMARTS) is 1. The molecule has 1 fully saturated rings. The van der Waals surface area contributed by atoms with Crippen LogP contribution in [0.5, 0.6) is 0 Å². The van der Waals surface area contributed by atoms with Crippen molar-refractivity contribution in [1.29, 1.82) is 0 Å². The molecule has 1 saturated heterocycles. The lowest BCUT2D eigenvalue weighted by molar-refractivity contribution is -0.140. The molecule has 5 nitrogen and oxygen atoms in total. The number of rotatable bonds is 4. The van der Waals surface area contributed by atoms with Gasteiger partial charge in [0.25, 0.3) is 0 Å². The van der Waals surface area contributed by atoms with E-state index < -0.39 is 5.97 Å². The Morgan fingerprint density at radius 3 is 2.79 bits per heavy atom. The Morgan fingerprint density at radius 2 is 2.16 bits per heavy atom. The summed E-state index contributed by atoms with van der Waals surface area (Å²) in [6.45, 7) is 0.493. The van der Waals surface area contributed by atoms with Gasteiger partial charge in [0, 0.05) is 17.9 Å². The van der Waals surface area contributed by atoms with Crippen molar-refractivity contribution >= 4 is 29.5 Å². The second kappa shape index (κ2) is 5.88. The first-order chi connectivity index (χ1) is 9.08. The molecule has 0 aromatic heterocycles. The molecule has 0 unspecified atom stereocenters. The molecule has 19 heavy (non-hydrogen) atoms. The largest absolute Gasteiger partial charge is 0.478 e. The van der Waals surface area contributed by atoms with Gasteiger partial charge in [-0.2, -0.15) is 0 Å². The molecule has 0 aliphatic carbocycles. The third-order valence-corrected chi connectivity index (χ3v) is 3.80. The normalized spacial score (nSPS) is 14.7. The first kappa shape index (κ1) is 13.6. The van der Waals surface area contributed by atoms with Gasteiger partial charge in [-0.05, 0) is 24.6 Å². The number of carbonyl (C=O) groups is 3. The van der Waals surface area contributed by atoms with Crippen LogP contribution < -0.4 is 0 Å². The zero-order valence-corrected chi connectivity index (χ0v) is 11.0. The number of thioether (sulfide) groups is 1. The van der Waals surface area contributed by atoms with Crippen molar-refractivity contribution in [3.63, 3.8) is 0 Å². The van der Waals surface area contributed by atoms with Crippen molar-refractivity contribution < 1.29 is 19.5 Å². The summed E-state index contributed by atoms with van der Waals surface area (Å²) in [6.07, 6.45) is 1.16. The Balaban J connectivity index is 1.95. The molecule has 0 atom stereocenters. The van der Waals surface area contributed by atoms with E-state index in [4.69, 9.17) is 5.11 Å². The van der Waals surface area contributed by atoms with E-state index >= 15 is 0 Å². The van der Waals surface area contributed by atoms with Crippen LogP contribution in [-0.4, -0.2) is 40.1 Å². The highest BCUT2D eigenvalue weighted by molar-refractivity contribution is 8.00. The molecule has 0 radical (unpaired) electrons. The van der Waals surface area contributed by atoms with E-state index in [-0.39, 0.29) is 23.1 Å². The fraction of sp³-hybridized carbons (Fsp3) is 0.308. The predicted octanol–water partition coefficient (Wildman–Crippen LogP) is 1.63. The average Bonchev–Trinajstić information content (AvgIpc) is 2.82. The van der Waals surface area contributed by atoms with Gasteiger partial charge in [0.05, 0.1) is 11.3 Å². The van der Waals surface area contributed by atoms with Crippen LogP contribution in [0.4, 0.5) is 0 Å². The molecule has 1 heterocycles. The van der Waals surface area contributed by atoms with Gasteiger partial charge in [0.2, 0.25) is 11.8 Å². The zero-order chi connectivity index (χ0) is 13.8. The van der Waals surface area contributed by atoms with Crippen LogP contribution in [0.2, 0.25) is 0 Å². The van der Waals surface area contributed by atoms with Gasteiger partial charge >= 0.3 is 5.97 Å². The first-order valence-corrected chi connectivity index (χ1v) is 6.86. The number of imide groups is 1. The summed E-state index contributed by atoms with van der Waals surface area (Å²) in [5, 5.41) is 8.86. The van der Waals surface area contributed by atoms with Gasteiger partial charge < -0.3 is 5.11 Å². The summed E-state index contributed by atoms with van der Waals surface area (Å²) in [7, 11) is 0. The van der Waals surface area contributed by atoms with Crippen molar-refractivity contribution in [1.82, 2.24) is 4.90 Å². The van der Waals surface area contributed by atoms with Crippen molar-refractivity contribution in [2.24, 2.45) is 0 Å². The summed E-state index contributed by atoms with van der Waals surface area (Å²) in [4.78, 5) is 36.0. The van der Waals surface area contributed by atoms with Crippen LogP contribution in [0, 0.1) is 0 Å². The van der Waals surface area contributed by atoms with Crippen molar-refractivity contribution in [2.45, 2.75) is 17.7 Å². The molecule has 1 aromatic carbocycles. The van der Waals surface area contributed by atoms with Crippen molar-refractivity contribution in [3.05, 3.63) is 29.8 Å². The third kappa shape index (κ3) is 3.35. The second-order valence-electron chi connectivity index (χ2n) is 4.16. The average molecular weight is 279 g/mol. The van der Waals surface area contributed by atoms with Gasteiger partial charge in [-0.15, -0.1) is 11.8 Å². The van der Waals surface area contributed by atoms with Crippen LogP contribution in [0.15, 0.2) is 29.2 Å². The van der Waals surface area contributed by atoms with E-state index in [2.05, 4.69) is 0 Å². The first-order valence-electron chi connectivity index (χ1n) is 5.87. The SMILES string of the molecule is O=C(O)c1cccc(SCC(=O)N2CCCC2=O)c1. The zero-order valence-electron chi connectivity index (χ0n) is 10.2. The van der Waals surface area contributed by atoms with Gasteiger partial charge in [-0.3, -0.25) is 14.5 Å². The van der Waals surface area contributed by atoms with Crippen LogP contribution in [0.25, 0.3) is 0 Å². The topological polar surface area (TPSA) is 74.7 Å². The summed E-state index contributed by atoms with van der Waals surface area (Å²) < 4.78 is 0. The number of aromatic carboxylic acids is 1. The molecular formula is C13H13NO4S. The Hall–Kier alpha value is -1.82. The minimum atomic E-state index is -0.997. The smallest absolute Gasteiger partial charge is 0.335 e. The lowest BCUT2D eigenvalue weighted by Crippen LogP contribution is -2.33. The van der Waals surface area contributed by atoms with E-state index in [9.17, 15) is 14.4 Å². The maximum absolute atomic E-state index is 11.8. The van der Waals surface area contributed by atoms with Crippen LogP contribution in [0.1, 0.15) is 23.2 Å². The highest BCUT2D eigenvalue weighted by Crippen LogP contribution is 2.21. The van der Waals surface area contributed by atoms with Crippen LogP contribution in [0.3, 0.4) is 0 Å². The minimum Gasteiger partial charge on any atom is -0.478 e. The quantitative estimate of drug-likeness (QED) is 0.848. The van der Waals surface area contributed by atoms with Crippen LogP contribution >= 0.6 is 11.8 Å². The molecule has 0 saturated carbocycles. The summed E-state index contributed by atoms with van der Waals surface area (Å²) in [5.74, 6) is -1.18. The molecule has 1 aliphatic rings. The fourth-order valence-corrected chi connectivity index (χ4v) is 2.68. The Morgan fingerprint density at radius 1 is 1.37 bits per heavy atom. The highest BCUT2D eigenvalue weighted by Gasteiger charge is 2.25. The lowest BCUT2D eigenvalue weighted by atomic mass is 10.2. The fourth-order valence-electron chi connectivity index (χ4n) is 1.85. The highest BCUT2D eigenvalue weighted by atomic mass is 32.2. The number of hydrogen-bond acceptors (Lipinski definition) is 4. The Bertz CT molecular complexity index is 529. The predicted molar refractivity (Wildman–Crippen MR) is 70.1 cm³/mol. The molecule has 100 valence electrons. The summed E-state index contributed by atoms with van der Waals surface area (Å²) in [5.41, 5.74) is 0.190. The van der Waals surface area contributed by atoms with E-state index in [0.29, 0.717) is 17.9 Å². The van der Waals surface area contributed by atoms with E-state index in [1.165, 1.54) is 28.8 Å². The molecule has 1 N–H and O–H groups in total. The molecule has 0 spiro atoms. The van der Waals surface area contributed by atoms with Crippen molar-refractivity contribution in [2.75, 3.05) is 12.3 Å². The van der Waals surface area contributed by atoms with Crippen LogP contribution in [-0.2, 0) is 9.59 Å². The number of nitrogens with zero attached hydrogens (tertiary/aromatic N) is 1. The summed E-state index contributed by atoms with van der Waals surface area (Å²) >= 11 is 1.24. The Kier molecular flexibility index (Phi) is 4.21. The molecule has 0 bridgehead atoms. The van der Waals surface area contributed by atoms with E-state index in [0.717, 1.165) is 6.42 Å². The molecule has 2 amide bonds. The maximum Gasteiger partial charge on any atom is 0.335 e. The number of carbonyl (C=O) groups excluding carboxylic acids is 2. The van der Waals surface area contributed by atoms with Gasteiger partial charge in [-0.1, -0.05) is 6.07 Å². The standard InChI is InChI=1S/C13H13NO4S/c15-11-5-2-6-14(11)12(16)8-19-10-4-1-3-9(7-10)13(17)18/h1,3-4,7H,2,5-6,8H2,(H,17,18). The van der Waals surface area contributed by atoms with E-state index in [1.54, 1.807) is 12.1 Å². The minimum absolute atomic E-state index is 0.120. The number of hydrogen-bond donors (Lipinski definition) is 1. The molecule has 2 rings (SSSR count). The molecule has 1 aliphatic heterocycles.